The van der Waals surface area contributed by atoms with Crippen LogP contribution >= 0.6 is 0 Å². The molecule has 0 rings (SSSR count). The van der Waals surface area contributed by atoms with E-state index in [4.69, 9.17) is 14.2 Å². The molecule has 0 aliphatic rings. The van der Waals surface area contributed by atoms with Crippen molar-refractivity contribution < 1.29 is 23.8 Å². The average Bonchev–Trinajstić information content (AvgIpc) is 2.61. The van der Waals surface area contributed by atoms with E-state index in [1.807, 2.05) is 6.92 Å². The SMILES string of the molecule is CCCCCCCCCOC(=O)COCC(=O)OC(C)CCCCCC. The van der Waals surface area contributed by atoms with E-state index in [1.165, 1.54) is 51.4 Å². The van der Waals surface area contributed by atoms with Crippen LogP contribution in [0.4, 0.5) is 0 Å². The minimum Gasteiger partial charge on any atom is -0.464 e. The van der Waals surface area contributed by atoms with Crippen molar-refractivity contribution in [2.24, 2.45) is 0 Å². The third-order valence-corrected chi connectivity index (χ3v) is 4.25. The molecule has 154 valence electrons. The summed E-state index contributed by atoms with van der Waals surface area (Å²) in [5.74, 6) is -0.843. The summed E-state index contributed by atoms with van der Waals surface area (Å²) in [5.41, 5.74) is 0. The van der Waals surface area contributed by atoms with Gasteiger partial charge in [0.2, 0.25) is 0 Å². The van der Waals surface area contributed by atoms with Crippen molar-refractivity contribution >= 4 is 11.9 Å². The first-order chi connectivity index (χ1) is 12.6. The highest BCUT2D eigenvalue weighted by Gasteiger charge is 2.11. The van der Waals surface area contributed by atoms with Gasteiger partial charge in [-0.25, -0.2) is 9.59 Å². The molecule has 0 aromatic heterocycles. The minimum atomic E-state index is -0.423. The second-order valence-electron chi connectivity index (χ2n) is 6.98. The Labute approximate surface area is 160 Å². The van der Waals surface area contributed by atoms with Gasteiger partial charge in [0, 0.05) is 0 Å². The van der Waals surface area contributed by atoms with E-state index >= 15 is 0 Å². The third kappa shape index (κ3) is 17.7. The molecule has 0 aliphatic heterocycles. The highest BCUT2D eigenvalue weighted by Crippen LogP contribution is 2.08. The minimum absolute atomic E-state index is 0.104. The molecule has 0 amide bonds. The highest BCUT2D eigenvalue weighted by atomic mass is 16.6. The Hall–Kier alpha value is -1.10. The fourth-order valence-corrected chi connectivity index (χ4v) is 2.68. The van der Waals surface area contributed by atoms with Crippen LogP contribution in [0.5, 0.6) is 0 Å². The van der Waals surface area contributed by atoms with Crippen LogP contribution in [-0.4, -0.2) is 37.9 Å². The van der Waals surface area contributed by atoms with Gasteiger partial charge < -0.3 is 14.2 Å². The van der Waals surface area contributed by atoms with Crippen LogP contribution in [0.3, 0.4) is 0 Å². The van der Waals surface area contributed by atoms with Crippen molar-refractivity contribution in [1.82, 2.24) is 0 Å². The summed E-state index contributed by atoms with van der Waals surface area (Å²) in [6.07, 6.45) is 13.7. The number of unbranched alkanes of at least 4 members (excludes halogenated alkanes) is 9. The third-order valence-electron chi connectivity index (χ3n) is 4.25. The van der Waals surface area contributed by atoms with E-state index in [-0.39, 0.29) is 19.3 Å². The number of carbonyl (C=O) groups excluding carboxylic acids is 2. The van der Waals surface area contributed by atoms with Crippen molar-refractivity contribution in [3.63, 3.8) is 0 Å². The molecule has 5 heteroatoms. The molecule has 0 aromatic carbocycles. The van der Waals surface area contributed by atoms with Crippen molar-refractivity contribution in [2.45, 2.75) is 104 Å². The number of carbonyl (C=O) groups is 2. The van der Waals surface area contributed by atoms with Crippen molar-refractivity contribution in [3.05, 3.63) is 0 Å². The van der Waals surface area contributed by atoms with E-state index in [0.29, 0.717) is 6.61 Å². The van der Waals surface area contributed by atoms with Crippen molar-refractivity contribution in [1.29, 1.82) is 0 Å². The zero-order valence-corrected chi connectivity index (χ0v) is 17.2. The second-order valence-corrected chi connectivity index (χ2v) is 6.98. The summed E-state index contributed by atoms with van der Waals surface area (Å²) >= 11 is 0. The van der Waals surface area contributed by atoms with E-state index in [2.05, 4.69) is 13.8 Å². The van der Waals surface area contributed by atoms with Crippen LogP contribution in [0.1, 0.15) is 97.8 Å². The summed E-state index contributed by atoms with van der Waals surface area (Å²) < 4.78 is 15.4. The molecule has 0 heterocycles. The second kappa shape index (κ2) is 18.7. The lowest BCUT2D eigenvalue weighted by Gasteiger charge is -2.13. The van der Waals surface area contributed by atoms with Gasteiger partial charge in [0.05, 0.1) is 12.7 Å². The zero-order valence-electron chi connectivity index (χ0n) is 17.2. The number of rotatable bonds is 18. The van der Waals surface area contributed by atoms with E-state index in [0.717, 1.165) is 25.7 Å². The van der Waals surface area contributed by atoms with Gasteiger partial charge >= 0.3 is 11.9 Å². The van der Waals surface area contributed by atoms with Gasteiger partial charge in [-0.3, -0.25) is 0 Å². The molecule has 1 atom stereocenters. The molecule has 0 N–H and O–H groups in total. The highest BCUT2D eigenvalue weighted by molar-refractivity contribution is 5.73. The van der Waals surface area contributed by atoms with Crippen LogP contribution in [0.2, 0.25) is 0 Å². The molecule has 0 aliphatic carbocycles. The van der Waals surface area contributed by atoms with Gasteiger partial charge in [-0.05, 0) is 26.2 Å². The molecule has 0 spiro atoms. The first-order valence-electron chi connectivity index (χ1n) is 10.5. The van der Waals surface area contributed by atoms with Crippen LogP contribution in [0.15, 0.2) is 0 Å². The molecule has 0 aromatic rings. The molecule has 0 saturated carbocycles. The smallest absolute Gasteiger partial charge is 0.332 e. The fraction of sp³-hybridized carbons (Fsp3) is 0.905. The Morgan fingerprint density at radius 3 is 1.92 bits per heavy atom. The molecule has 0 saturated heterocycles. The number of hydrogen-bond donors (Lipinski definition) is 0. The van der Waals surface area contributed by atoms with Gasteiger partial charge in [0.1, 0.15) is 13.2 Å². The van der Waals surface area contributed by atoms with Crippen LogP contribution in [-0.2, 0) is 23.8 Å². The lowest BCUT2D eigenvalue weighted by atomic mass is 10.1. The summed E-state index contributed by atoms with van der Waals surface area (Å²) in [5, 5.41) is 0. The Morgan fingerprint density at radius 2 is 1.27 bits per heavy atom. The molecule has 0 fully saturated rings. The molecular weight excluding hydrogens is 332 g/mol. The largest absolute Gasteiger partial charge is 0.464 e. The van der Waals surface area contributed by atoms with Crippen LogP contribution < -0.4 is 0 Å². The summed E-state index contributed by atoms with van der Waals surface area (Å²) in [4.78, 5) is 23.2. The van der Waals surface area contributed by atoms with E-state index in [9.17, 15) is 9.59 Å². The Morgan fingerprint density at radius 1 is 0.731 bits per heavy atom. The lowest BCUT2D eigenvalue weighted by Crippen LogP contribution is -2.22. The number of ether oxygens (including phenoxy) is 3. The first-order valence-corrected chi connectivity index (χ1v) is 10.5. The first kappa shape index (κ1) is 24.9. The maximum atomic E-state index is 11.6. The Kier molecular flexibility index (Phi) is 17.9. The number of hydrogen-bond acceptors (Lipinski definition) is 5. The van der Waals surface area contributed by atoms with Gasteiger partial charge in [0.15, 0.2) is 0 Å². The summed E-state index contributed by atoms with van der Waals surface area (Å²) in [6, 6.07) is 0. The molecular formula is C21H40O5. The number of esters is 2. The topological polar surface area (TPSA) is 61.8 Å². The summed E-state index contributed by atoms with van der Waals surface area (Å²) in [6.45, 7) is 6.29. The molecule has 0 radical (unpaired) electrons. The molecule has 1 unspecified atom stereocenters. The fourth-order valence-electron chi connectivity index (χ4n) is 2.68. The molecule has 0 bridgehead atoms. The Balaban J connectivity index is 3.47. The maximum Gasteiger partial charge on any atom is 0.332 e. The van der Waals surface area contributed by atoms with Gasteiger partial charge in [-0.15, -0.1) is 0 Å². The van der Waals surface area contributed by atoms with Crippen LogP contribution in [0.25, 0.3) is 0 Å². The summed E-state index contributed by atoms with van der Waals surface area (Å²) in [7, 11) is 0. The lowest BCUT2D eigenvalue weighted by molar-refractivity contribution is -0.158. The predicted molar refractivity (Wildman–Crippen MR) is 104 cm³/mol. The van der Waals surface area contributed by atoms with Gasteiger partial charge in [-0.2, -0.15) is 0 Å². The van der Waals surface area contributed by atoms with Gasteiger partial charge in [0.25, 0.3) is 0 Å². The quantitative estimate of drug-likeness (QED) is 0.244. The van der Waals surface area contributed by atoms with Crippen molar-refractivity contribution in [2.75, 3.05) is 19.8 Å². The van der Waals surface area contributed by atoms with Crippen molar-refractivity contribution in [3.8, 4) is 0 Å². The standard InChI is InChI=1S/C21H40O5/c1-4-6-8-10-11-12-14-16-25-20(22)17-24-18-21(23)26-19(3)15-13-9-7-5-2/h19H,4-18H2,1-3H3. The Bertz CT molecular complexity index is 343. The maximum absolute atomic E-state index is 11.6. The average molecular weight is 373 g/mol. The normalized spacial score (nSPS) is 12.0. The van der Waals surface area contributed by atoms with E-state index in [1.54, 1.807) is 0 Å². The van der Waals surface area contributed by atoms with Crippen LogP contribution in [0, 0.1) is 0 Å². The van der Waals surface area contributed by atoms with E-state index < -0.39 is 11.9 Å². The zero-order chi connectivity index (χ0) is 19.5. The van der Waals surface area contributed by atoms with Gasteiger partial charge in [-0.1, -0.05) is 71.6 Å². The molecule has 26 heavy (non-hydrogen) atoms. The predicted octanol–water partition coefficient (Wildman–Crippen LogP) is 5.20. The molecule has 5 nitrogen and oxygen atoms in total. The monoisotopic (exact) mass is 372 g/mol.